The van der Waals surface area contributed by atoms with Gasteiger partial charge in [-0.1, -0.05) is 6.42 Å². The van der Waals surface area contributed by atoms with Crippen LogP contribution in [-0.2, 0) is 0 Å². The highest BCUT2D eigenvalue weighted by atomic mass is 79.9. The zero-order valence-electron chi connectivity index (χ0n) is 7.95. The monoisotopic (exact) mass is 256 g/mol. The smallest absolute Gasteiger partial charge is 0.231 e. The Morgan fingerprint density at radius 3 is 2.79 bits per heavy atom. The van der Waals surface area contributed by atoms with Gasteiger partial charge in [-0.3, -0.25) is 0 Å². The van der Waals surface area contributed by atoms with Gasteiger partial charge < -0.3 is 4.74 Å². The van der Waals surface area contributed by atoms with Crippen molar-refractivity contribution in [3.63, 3.8) is 0 Å². The lowest BCUT2D eigenvalue weighted by molar-refractivity contribution is 0.147. The predicted molar refractivity (Wildman–Crippen MR) is 57.2 cm³/mol. The summed E-state index contributed by atoms with van der Waals surface area (Å²) in [5.41, 5.74) is 0. The molecule has 2 rings (SSSR count). The van der Waals surface area contributed by atoms with E-state index in [2.05, 4.69) is 25.9 Å². The highest BCUT2D eigenvalue weighted by Gasteiger charge is 2.16. The third-order valence-electron chi connectivity index (χ3n) is 2.46. The average Bonchev–Trinajstić information content (AvgIpc) is 2.23. The maximum absolute atomic E-state index is 5.79. The second kappa shape index (κ2) is 4.73. The fourth-order valence-corrected chi connectivity index (χ4v) is 2.04. The van der Waals surface area contributed by atoms with Crippen molar-refractivity contribution in [3.05, 3.63) is 17.0 Å². The van der Waals surface area contributed by atoms with Crippen molar-refractivity contribution < 1.29 is 4.74 Å². The quantitative estimate of drug-likeness (QED) is 0.817. The Bertz CT molecular complexity index is 300. The van der Waals surface area contributed by atoms with Gasteiger partial charge in [0.05, 0.1) is 4.47 Å². The van der Waals surface area contributed by atoms with E-state index >= 15 is 0 Å². The molecule has 0 saturated heterocycles. The zero-order chi connectivity index (χ0) is 9.80. The number of hydrogen-bond donors (Lipinski definition) is 0. The normalized spacial score (nSPS) is 18.1. The minimum absolute atomic E-state index is 0.343. The van der Waals surface area contributed by atoms with Crippen LogP contribution in [0, 0.1) is 0 Å². The molecule has 0 aliphatic heterocycles. The Morgan fingerprint density at radius 2 is 2.07 bits per heavy atom. The van der Waals surface area contributed by atoms with Gasteiger partial charge in [0.25, 0.3) is 0 Å². The number of hydrogen-bond acceptors (Lipinski definition) is 3. The number of ether oxygens (including phenoxy) is 1. The number of aromatic nitrogens is 2. The van der Waals surface area contributed by atoms with Gasteiger partial charge in [-0.15, -0.1) is 0 Å². The van der Waals surface area contributed by atoms with Crippen molar-refractivity contribution in [1.82, 2.24) is 9.97 Å². The van der Waals surface area contributed by atoms with Crippen LogP contribution in [0.1, 0.15) is 32.1 Å². The highest BCUT2D eigenvalue weighted by molar-refractivity contribution is 9.10. The molecular weight excluding hydrogens is 244 g/mol. The molecule has 0 atom stereocenters. The van der Waals surface area contributed by atoms with Crippen LogP contribution >= 0.6 is 15.9 Å². The van der Waals surface area contributed by atoms with E-state index in [9.17, 15) is 0 Å². The summed E-state index contributed by atoms with van der Waals surface area (Å²) >= 11 is 3.37. The van der Waals surface area contributed by atoms with E-state index < -0.39 is 0 Å². The molecule has 1 aliphatic carbocycles. The number of halogens is 1. The Hall–Kier alpha value is -0.640. The fraction of sp³-hybridized carbons (Fsp3) is 0.600. The van der Waals surface area contributed by atoms with E-state index in [1.165, 1.54) is 25.6 Å². The van der Waals surface area contributed by atoms with Crippen molar-refractivity contribution in [1.29, 1.82) is 0 Å². The largest absolute Gasteiger partial charge is 0.473 e. The molecule has 0 radical (unpaired) electrons. The van der Waals surface area contributed by atoms with Gasteiger partial charge in [-0.05, 0) is 41.6 Å². The molecule has 1 aliphatic rings. The molecule has 0 aromatic carbocycles. The molecule has 1 aromatic rings. The van der Waals surface area contributed by atoms with Crippen LogP contribution in [0.5, 0.6) is 5.88 Å². The molecule has 0 spiro atoms. The molecule has 4 heteroatoms. The van der Waals surface area contributed by atoms with Crippen LogP contribution in [0.25, 0.3) is 0 Å². The van der Waals surface area contributed by atoms with Crippen molar-refractivity contribution in [2.45, 2.75) is 38.2 Å². The second-order valence-corrected chi connectivity index (χ2v) is 4.41. The topological polar surface area (TPSA) is 35.0 Å². The lowest BCUT2D eigenvalue weighted by atomic mass is 9.98. The molecular formula is C10H13BrN2O. The lowest BCUT2D eigenvalue weighted by Crippen LogP contribution is -2.20. The van der Waals surface area contributed by atoms with E-state index in [1.54, 1.807) is 6.20 Å². The van der Waals surface area contributed by atoms with Crippen molar-refractivity contribution in [3.8, 4) is 5.88 Å². The van der Waals surface area contributed by atoms with Crippen LogP contribution in [-0.4, -0.2) is 16.1 Å². The summed E-state index contributed by atoms with van der Waals surface area (Å²) in [6.07, 6.45) is 9.75. The molecule has 3 nitrogen and oxygen atoms in total. The van der Waals surface area contributed by atoms with Gasteiger partial charge in [-0.2, -0.15) is 0 Å². The first kappa shape index (κ1) is 9.90. The maximum Gasteiger partial charge on any atom is 0.231 e. The van der Waals surface area contributed by atoms with E-state index in [0.29, 0.717) is 12.0 Å². The number of rotatable bonds is 2. The molecule has 0 amide bonds. The molecule has 1 aromatic heterocycles. The minimum Gasteiger partial charge on any atom is -0.473 e. The summed E-state index contributed by atoms with van der Waals surface area (Å²) < 4.78 is 6.63. The SMILES string of the molecule is Brc1cncnc1OC1CCCCC1. The molecule has 1 heterocycles. The molecule has 0 N–H and O–H groups in total. The zero-order valence-corrected chi connectivity index (χ0v) is 9.53. The van der Waals surface area contributed by atoms with Crippen LogP contribution in [0.3, 0.4) is 0 Å². The molecule has 1 saturated carbocycles. The minimum atomic E-state index is 0.343. The fourth-order valence-electron chi connectivity index (χ4n) is 1.73. The predicted octanol–water partition coefficient (Wildman–Crippen LogP) is 2.95. The van der Waals surface area contributed by atoms with E-state index in [0.717, 1.165) is 17.3 Å². The maximum atomic E-state index is 5.79. The first-order valence-electron chi connectivity index (χ1n) is 4.98. The summed E-state index contributed by atoms with van der Waals surface area (Å²) in [5.74, 6) is 0.673. The van der Waals surface area contributed by atoms with E-state index in [4.69, 9.17) is 4.74 Å². The van der Waals surface area contributed by atoms with Gasteiger partial charge >= 0.3 is 0 Å². The molecule has 0 bridgehead atoms. The Labute approximate surface area is 92.0 Å². The third-order valence-corrected chi connectivity index (χ3v) is 3.01. The van der Waals surface area contributed by atoms with Gasteiger partial charge in [0.15, 0.2) is 0 Å². The van der Waals surface area contributed by atoms with Crippen LogP contribution in [0.2, 0.25) is 0 Å². The highest BCUT2D eigenvalue weighted by Crippen LogP contribution is 2.26. The summed E-state index contributed by atoms with van der Waals surface area (Å²) in [5, 5.41) is 0. The van der Waals surface area contributed by atoms with Crippen LogP contribution in [0.4, 0.5) is 0 Å². The average molecular weight is 257 g/mol. The first-order valence-corrected chi connectivity index (χ1v) is 5.78. The summed E-state index contributed by atoms with van der Waals surface area (Å²) in [6.45, 7) is 0. The molecule has 0 unspecified atom stereocenters. The Kier molecular flexibility index (Phi) is 3.35. The third kappa shape index (κ3) is 2.44. The van der Waals surface area contributed by atoms with E-state index in [1.807, 2.05) is 0 Å². The van der Waals surface area contributed by atoms with Crippen LogP contribution in [0.15, 0.2) is 17.0 Å². The summed E-state index contributed by atoms with van der Waals surface area (Å²) in [7, 11) is 0. The Morgan fingerprint density at radius 1 is 1.29 bits per heavy atom. The van der Waals surface area contributed by atoms with Crippen molar-refractivity contribution in [2.75, 3.05) is 0 Å². The Balaban J connectivity index is 1.99. The molecule has 76 valence electrons. The lowest BCUT2D eigenvalue weighted by Gasteiger charge is -2.22. The van der Waals surface area contributed by atoms with Crippen molar-refractivity contribution in [2.24, 2.45) is 0 Å². The standard InChI is InChI=1S/C10H13BrN2O/c11-9-6-12-7-13-10(9)14-8-4-2-1-3-5-8/h6-8H,1-5H2. The second-order valence-electron chi connectivity index (χ2n) is 3.55. The van der Waals surface area contributed by atoms with E-state index in [-0.39, 0.29) is 0 Å². The molecule has 1 fully saturated rings. The van der Waals surface area contributed by atoms with Crippen molar-refractivity contribution >= 4 is 15.9 Å². The first-order chi connectivity index (χ1) is 6.86. The van der Waals surface area contributed by atoms with Gasteiger partial charge in [-0.25, -0.2) is 9.97 Å². The van der Waals surface area contributed by atoms with Crippen LogP contribution < -0.4 is 4.74 Å². The van der Waals surface area contributed by atoms with Gasteiger partial charge in [0.1, 0.15) is 12.4 Å². The molecule has 14 heavy (non-hydrogen) atoms. The summed E-state index contributed by atoms with van der Waals surface area (Å²) in [4.78, 5) is 7.99. The van der Waals surface area contributed by atoms with Gasteiger partial charge in [0.2, 0.25) is 5.88 Å². The van der Waals surface area contributed by atoms with Gasteiger partial charge in [0, 0.05) is 6.20 Å². The number of nitrogens with zero attached hydrogens (tertiary/aromatic N) is 2. The summed E-state index contributed by atoms with van der Waals surface area (Å²) in [6, 6.07) is 0.